The summed E-state index contributed by atoms with van der Waals surface area (Å²) >= 11 is 0. The Bertz CT molecular complexity index is 907. The number of aromatic nitrogens is 4. The summed E-state index contributed by atoms with van der Waals surface area (Å²) in [6.07, 6.45) is 1.49. The lowest BCUT2D eigenvalue weighted by Gasteiger charge is -2.37. The number of hydrogen-bond donors (Lipinski definition) is 0. The van der Waals surface area contributed by atoms with Crippen molar-refractivity contribution in [1.82, 2.24) is 25.1 Å². The highest BCUT2D eigenvalue weighted by Gasteiger charge is 2.30. The third-order valence-electron chi connectivity index (χ3n) is 4.99. The molecule has 0 N–H and O–H groups in total. The Morgan fingerprint density at radius 1 is 1.04 bits per heavy atom. The maximum atomic E-state index is 13.3. The van der Waals surface area contributed by atoms with Crippen LogP contribution in [0.15, 0.2) is 60.9 Å². The van der Waals surface area contributed by atoms with E-state index in [1.165, 1.54) is 11.0 Å². The number of ether oxygens (including phenoxy) is 1. The van der Waals surface area contributed by atoms with Crippen molar-refractivity contribution in [2.24, 2.45) is 0 Å². The minimum atomic E-state index is -0.556. The number of piperazine rings is 1. The number of tetrazole rings is 1. The van der Waals surface area contributed by atoms with Crippen LogP contribution in [0.2, 0.25) is 0 Å². The Morgan fingerprint density at radius 3 is 2.50 bits per heavy atom. The summed E-state index contributed by atoms with van der Waals surface area (Å²) in [5, 5.41) is 11.4. The SMILES string of the molecule is COc1cccc(N2CCN(C(=O)[C@@H](c3ccccc3)n3cnnn3)CC2)c1. The summed E-state index contributed by atoms with van der Waals surface area (Å²) in [4.78, 5) is 17.5. The standard InChI is InChI=1S/C20H22N6O2/c1-28-18-9-5-8-17(14-18)24-10-12-25(13-11-24)20(27)19(26-15-21-22-23-26)16-6-3-2-4-7-16/h2-9,14-15,19H,10-13H2,1H3/t19-/m1/s1. The molecule has 144 valence electrons. The maximum absolute atomic E-state index is 13.3. The molecule has 0 aliphatic carbocycles. The normalized spacial score (nSPS) is 15.3. The average Bonchev–Trinajstić information content (AvgIpc) is 3.29. The highest BCUT2D eigenvalue weighted by atomic mass is 16.5. The van der Waals surface area contributed by atoms with E-state index in [1.54, 1.807) is 7.11 Å². The van der Waals surface area contributed by atoms with Crippen LogP contribution in [0.4, 0.5) is 5.69 Å². The molecule has 1 aliphatic heterocycles. The van der Waals surface area contributed by atoms with Crippen molar-refractivity contribution in [2.75, 3.05) is 38.2 Å². The molecule has 2 aromatic carbocycles. The molecule has 4 rings (SSSR count). The lowest BCUT2D eigenvalue weighted by Crippen LogP contribution is -2.50. The fourth-order valence-electron chi connectivity index (χ4n) is 3.50. The molecule has 0 saturated carbocycles. The number of carbonyl (C=O) groups is 1. The van der Waals surface area contributed by atoms with Crippen molar-refractivity contribution in [2.45, 2.75) is 6.04 Å². The lowest BCUT2D eigenvalue weighted by molar-refractivity contribution is -0.134. The van der Waals surface area contributed by atoms with Crippen LogP contribution in [0.5, 0.6) is 5.75 Å². The van der Waals surface area contributed by atoms with Gasteiger partial charge in [0.05, 0.1) is 7.11 Å². The number of anilines is 1. The summed E-state index contributed by atoms with van der Waals surface area (Å²) in [5.41, 5.74) is 1.97. The molecule has 1 aliphatic rings. The van der Waals surface area contributed by atoms with Crippen molar-refractivity contribution in [1.29, 1.82) is 0 Å². The van der Waals surface area contributed by atoms with E-state index >= 15 is 0 Å². The maximum Gasteiger partial charge on any atom is 0.252 e. The Kier molecular flexibility index (Phi) is 5.18. The Balaban J connectivity index is 1.49. The molecule has 1 amide bonds. The molecule has 0 radical (unpaired) electrons. The van der Waals surface area contributed by atoms with Gasteiger partial charge in [0.1, 0.15) is 12.1 Å². The van der Waals surface area contributed by atoms with Gasteiger partial charge >= 0.3 is 0 Å². The van der Waals surface area contributed by atoms with Crippen molar-refractivity contribution in [3.63, 3.8) is 0 Å². The first-order chi connectivity index (χ1) is 13.8. The van der Waals surface area contributed by atoms with E-state index in [9.17, 15) is 4.79 Å². The van der Waals surface area contributed by atoms with Crippen LogP contribution in [-0.4, -0.2) is 64.3 Å². The van der Waals surface area contributed by atoms with Gasteiger partial charge in [0.25, 0.3) is 5.91 Å². The topological polar surface area (TPSA) is 76.4 Å². The first kappa shape index (κ1) is 18.0. The molecule has 0 bridgehead atoms. The summed E-state index contributed by atoms with van der Waals surface area (Å²) in [6, 6.07) is 17.1. The molecule has 28 heavy (non-hydrogen) atoms. The number of rotatable bonds is 5. The van der Waals surface area contributed by atoms with Gasteiger partial charge in [-0.15, -0.1) is 5.10 Å². The van der Waals surface area contributed by atoms with Crippen molar-refractivity contribution >= 4 is 11.6 Å². The fourth-order valence-corrected chi connectivity index (χ4v) is 3.50. The predicted molar refractivity (Wildman–Crippen MR) is 104 cm³/mol. The van der Waals surface area contributed by atoms with Gasteiger partial charge in [-0.25, -0.2) is 4.68 Å². The van der Waals surface area contributed by atoms with Gasteiger partial charge < -0.3 is 14.5 Å². The summed E-state index contributed by atoms with van der Waals surface area (Å²) in [7, 11) is 1.67. The third-order valence-corrected chi connectivity index (χ3v) is 4.99. The number of nitrogens with zero attached hydrogens (tertiary/aromatic N) is 6. The first-order valence-electron chi connectivity index (χ1n) is 9.21. The molecule has 8 nitrogen and oxygen atoms in total. The molecule has 8 heteroatoms. The molecule has 1 fully saturated rings. The quantitative estimate of drug-likeness (QED) is 0.672. The van der Waals surface area contributed by atoms with E-state index in [-0.39, 0.29) is 5.91 Å². The molecule has 2 heterocycles. The largest absolute Gasteiger partial charge is 0.497 e. The highest BCUT2D eigenvalue weighted by Crippen LogP contribution is 2.24. The first-order valence-corrected chi connectivity index (χ1v) is 9.21. The summed E-state index contributed by atoms with van der Waals surface area (Å²) < 4.78 is 6.83. The van der Waals surface area contributed by atoms with Crippen molar-refractivity contribution in [3.8, 4) is 5.75 Å². The van der Waals surface area contributed by atoms with Gasteiger partial charge in [-0.3, -0.25) is 4.79 Å². The van der Waals surface area contributed by atoms with E-state index in [4.69, 9.17) is 4.74 Å². The van der Waals surface area contributed by atoms with Gasteiger partial charge in [0, 0.05) is 37.9 Å². The van der Waals surface area contributed by atoms with Crippen LogP contribution in [0, 0.1) is 0 Å². The third kappa shape index (κ3) is 3.66. The van der Waals surface area contributed by atoms with Crippen molar-refractivity contribution < 1.29 is 9.53 Å². The predicted octanol–water partition coefficient (Wildman–Crippen LogP) is 1.62. The molecule has 1 saturated heterocycles. The molecular weight excluding hydrogens is 356 g/mol. The molecule has 0 spiro atoms. The van der Waals surface area contributed by atoms with E-state index in [0.717, 1.165) is 30.1 Å². The monoisotopic (exact) mass is 378 g/mol. The number of benzene rings is 2. The second-order valence-electron chi connectivity index (χ2n) is 6.62. The zero-order valence-corrected chi connectivity index (χ0v) is 15.7. The Morgan fingerprint density at radius 2 is 1.82 bits per heavy atom. The molecule has 0 unspecified atom stereocenters. The number of carbonyl (C=O) groups excluding carboxylic acids is 1. The molecule has 3 aromatic rings. The second-order valence-corrected chi connectivity index (χ2v) is 6.62. The van der Waals surface area contributed by atoms with Gasteiger partial charge in [-0.1, -0.05) is 36.4 Å². The lowest BCUT2D eigenvalue weighted by atomic mass is 10.1. The van der Waals surface area contributed by atoms with Crippen LogP contribution < -0.4 is 9.64 Å². The summed E-state index contributed by atoms with van der Waals surface area (Å²) in [6.45, 7) is 2.80. The number of methoxy groups -OCH3 is 1. The zero-order chi connectivity index (χ0) is 19.3. The van der Waals surface area contributed by atoms with Crippen LogP contribution in [-0.2, 0) is 4.79 Å². The zero-order valence-electron chi connectivity index (χ0n) is 15.7. The Labute approximate surface area is 163 Å². The second kappa shape index (κ2) is 8.08. The van der Waals surface area contributed by atoms with Crippen molar-refractivity contribution in [3.05, 3.63) is 66.5 Å². The van der Waals surface area contributed by atoms with Gasteiger partial charge in [-0.05, 0) is 28.1 Å². The fraction of sp³-hybridized carbons (Fsp3) is 0.300. The van der Waals surface area contributed by atoms with E-state index in [1.807, 2.05) is 53.4 Å². The summed E-state index contributed by atoms with van der Waals surface area (Å²) in [5.74, 6) is 0.836. The van der Waals surface area contributed by atoms with Crippen LogP contribution >= 0.6 is 0 Å². The van der Waals surface area contributed by atoms with Gasteiger partial charge in [0.2, 0.25) is 0 Å². The molecule has 1 atom stereocenters. The van der Waals surface area contributed by atoms with Gasteiger partial charge in [-0.2, -0.15) is 0 Å². The molecule has 1 aromatic heterocycles. The average molecular weight is 378 g/mol. The minimum Gasteiger partial charge on any atom is -0.497 e. The van der Waals surface area contributed by atoms with Gasteiger partial charge in [0.15, 0.2) is 6.04 Å². The smallest absolute Gasteiger partial charge is 0.252 e. The van der Waals surface area contributed by atoms with E-state index in [0.29, 0.717) is 13.1 Å². The van der Waals surface area contributed by atoms with Crippen LogP contribution in [0.25, 0.3) is 0 Å². The van der Waals surface area contributed by atoms with Crippen LogP contribution in [0.1, 0.15) is 11.6 Å². The highest BCUT2D eigenvalue weighted by molar-refractivity contribution is 5.83. The van der Waals surface area contributed by atoms with E-state index < -0.39 is 6.04 Å². The minimum absolute atomic E-state index is 0.00351. The number of hydrogen-bond acceptors (Lipinski definition) is 6. The van der Waals surface area contributed by atoms with E-state index in [2.05, 4.69) is 26.5 Å². The Hall–Kier alpha value is -3.42. The molecular formula is C20H22N6O2. The number of amides is 1. The van der Waals surface area contributed by atoms with Crippen LogP contribution in [0.3, 0.4) is 0 Å².